The van der Waals surface area contributed by atoms with Crippen LogP contribution in [0.15, 0.2) is 41.6 Å². The van der Waals surface area contributed by atoms with Gasteiger partial charge >= 0.3 is 0 Å². The Morgan fingerprint density at radius 1 is 1.15 bits per heavy atom. The summed E-state index contributed by atoms with van der Waals surface area (Å²) in [6.07, 6.45) is 4.86. The highest BCUT2D eigenvalue weighted by Crippen LogP contribution is 1.99. The van der Waals surface area contributed by atoms with Gasteiger partial charge in [0.05, 0.1) is 6.21 Å². The van der Waals surface area contributed by atoms with Crippen molar-refractivity contribution in [2.45, 2.75) is 13.8 Å². The summed E-state index contributed by atoms with van der Waals surface area (Å²) in [6.45, 7) is 4.00. The molecule has 13 heavy (non-hydrogen) atoms. The Balaban J connectivity index is 0.000000671. The normalized spacial score (nSPS) is 10.0. The van der Waals surface area contributed by atoms with Gasteiger partial charge in [0.25, 0.3) is 0 Å². The van der Waals surface area contributed by atoms with Crippen LogP contribution in [-0.4, -0.2) is 11.4 Å². The topological polar surface area (TPSA) is 32.6 Å². The van der Waals surface area contributed by atoms with Crippen molar-refractivity contribution in [3.8, 4) is 0 Å². The number of allylic oxidation sites excluding steroid dienone is 1. The highest BCUT2D eigenvalue weighted by Gasteiger charge is 1.79. The lowest BCUT2D eigenvalue weighted by Crippen LogP contribution is -1.68. The highest BCUT2D eigenvalue weighted by atomic mass is 16.4. The van der Waals surface area contributed by atoms with E-state index in [0.717, 1.165) is 5.56 Å². The smallest absolute Gasteiger partial charge is 0.0661 e. The van der Waals surface area contributed by atoms with Crippen molar-refractivity contribution >= 4 is 12.3 Å². The standard InChI is InChI=1S/C9H9NO.C2H6/c11-10-8-4-7-9-5-2-1-3-6-9;1-2/h1-8,11H;1-2H3/b7-4+,10-8+;. The molecule has 1 aromatic rings. The Kier molecular flexibility index (Phi) is 7.50. The zero-order valence-electron chi connectivity index (χ0n) is 8.01. The molecule has 0 fully saturated rings. The van der Waals surface area contributed by atoms with Gasteiger partial charge in [-0.15, -0.1) is 0 Å². The molecule has 0 unspecified atom stereocenters. The summed E-state index contributed by atoms with van der Waals surface area (Å²) in [4.78, 5) is 0. The molecule has 0 aliphatic carbocycles. The summed E-state index contributed by atoms with van der Waals surface area (Å²) >= 11 is 0. The molecular weight excluding hydrogens is 162 g/mol. The predicted molar refractivity (Wildman–Crippen MR) is 57.1 cm³/mol. The first-order valence-electron chi connectivity index (χ1n) is 4.32. The van der Waals surface area contributed by atoms with E-state index in [4.69, 9.17) is 5.21 Å². The minimum absolute atomic E-state index is 1.09. The SMILES string of the molecule is CC.O/N=C/C=C/c1ccccc1. The van der Waals surface area contributed by atoms with Gasteiger partial charge < -0.3 is 5.21 Å². The van der Waals surface area contributed by atoms with Gasteiger partial charge in [0.1, 0.15) is 0 Å². The van der Waals surface area contributed by atoms with E-state index in [2.05, 4.69) is 5.16 Å². The zero-order valence-corrected chi connectivity index (χ0v) is 8.01. The molecule has 1 rings (SSSR count). The molecule has 1 N–H and O–H groups in total. The molecule has 0 spiro atoms. The van der Waals surface area contributed by atoms with Crippen molar-refractivity contribution in [2.75, 3.05) is 0 Å². The van der Waals surface area contributed by atoms with Gasteiger partial charge in [-0.3, -0.25) is 0 Å². The third kappa shape index (κ3) is 5.67. The van der Waals surface area contributed by atoms with Gasteiger partial charge in [-0.25, -0.2) is 0 Å². The fourth-order valence-electron chi connectivity index (χ4n) is 0.757. The van der Waals surface area contributed by atoms with E-state index in [-0.39, 0.29) is 0 Å². The van der Waals surface area contributed by atoms with Crippen LogP contribution in [0.2, 0.25) is 0 Å². The zero-order chi connectivity index (χ0) is 9.94. The number of rotatable bonds is 2. The lowest BCUT2D eigenvalue weighted by molar-refractivity contribution is 0.322. The molecule has 0 aliphatic heterocycles. The van der Waals surface area contributed by atoms with Crippen molar-refractivity contribution in [3.63, 3.8) is 0 Å². The summed E-state index contributed by atoms with van der Waals surface area (Å²) in [5, 5.41) is 10.9. The van der Waals surface area contributed by atoms with E-state index in [1.807, 2.05) is 50.3 Å². The monoisotopic (exact) mass is 177 g/mol. The molecule has 2 nitrogen and oxygen atoms in total. The summed E-state index contributed by atoms with van der Waals surface area (Å²) in [7, 11) is 0. The van der Waals surface area contributed by atoms with Crippen LogP contribution in [0, 0.1) is 0 Å². The fourth-order valence-corrected chi connectivity index (χ4v) is 0.757. The minimum Gasteiger partial charge on any atom is -0.411 e. The van der Waals surface area contributed by atoms with Crippen molar-refractivity contribution in [3.05, 3.63) is 42.0 Å². The first-order valence-corrected chi connectivity index (χ1v) is 4.32. The molecule has 70 valence electrons. The van der Waals surface area contributed by atoms with E-state index < -0.39 is 0 Å². The van der Waals surface area contributed by atoms with Crippen LogP contribution in [0.4, 0.5) is 0 Å². The van der Waals surface area contributed by atoms with E-state index >= 15 is 0 Å². The number of hydrogen-bond donors (Lipinski definition) is 1. The summed E-state index contributed by atoms with van der Waals surface area (Å²) in [5.41, 5.74) is 1.09. The first kappa shape index (κ1) is 11.4. The molecule has 0 bridgehead atoms. The second kappa shape index (κ2) is 8.53. The first-order chi connectivity index (χ1) is 6.43. The number of benzene rings is 1. The maximum atomic E-state index is 8.06. The van der Waals surface area contributed by atoms with Crippen LogP contribution in [0.25, 0.3) is 6.08 Å². The molecule has 2 heteroatoms. The third-order valence-corrected chi connectivity index (χ3v) is 1.24. The van der Waals surface area contributed by atoms with Crippen LogP contribution in [0.3, 0.4) is 0 Å². The second-order valence-corrected chi connectivity index (χ2v) is 2.03. The summed E-state index contributed by atoms with van der Waals surface area (Å²) < 4.78 is 0. The molecule has 0 radical (unpaired) electrons. The van der Waals surface area contributed by atoms with Crippen molar-refractivity contribution < 1.29 is 5.21 Å². The van der Waals surface area contributed by atoms with Crippen LogP contribution >= 0.6 is 0 Å². The maximum Gasteiger partial charge on any atom is 0.0661 e. The molecular formula is C11H15NO. The van der Waals surface area contributed by atoms with E-state index in [0.29, 0.717) is 0 Å². The average Bonchev–Trinajstić information content (AvgIpc) is 2.23. The summed E-state index contributed by atoms with van der Waals surface area (Å²) in [6, 6.07) is 9.81. The van der Waals surface area contributed by atoms with Crippen LogP contribution in [-0.2, 0) is 0 Å². The summed E-state index contributed by atoms with van der Waals surface area (Å²) in [5.74, 6) is 0. The highest BCUT2D eigenvalue weighted by molar-refractivity contribution is 5.77. The molecule has 0 saturated heterocycles. The Hall–Kier alpha value is -1.57. The van der Waals surface area contributed by atoms with Crippen LogP contribution < -0.4 is 0 Å². The van der Waals surface area contributed by atoms with Gasteiger partial charge in [-0.05, 0) is 11.6 Å². The molecule has 0 atom stereocenters. The van der Waals surface area contributed by atoms with Gasteiger partial charge in [0.2, 0.25) is 0 Å². The van der Waals surface area contributed by atoms with Crippen molar-refractivity contribution in [1.29, 1.82) is 0 Å². The molecule has 0 saturated carbocycles. The Labute approximate surface area is 79.2 Å². The maximum absolute atomic E-state index is 8.06. The third-order valence-electron chi connectivity index (χ3n) is 1.24. The van der Waals surface area contributed by atoms with Crippen molar-refractivity contribution in [2.24, 2.45) is 5.16 Å². The van der Waals surface area contributed by atoms with Crippen molar-refractivity contribution in [1.82, 2.24) is 0 Å². The quantitative estimate of drug-likeness (QED) is 0.420. The van der Waals surface area contributed by atoms with Crippen LogP contribution in [0.1, 0.15) is 19.4 Å². The van der Waals surface area contributed by atoms with E-state index in [1.165, 1.54) is 6.21 Å². The van der Waals surface area contributed by atoms with Gasteiger partial charge in [-0.2, -0.15) is 0 Å². The Bertz CT molecular complexity index is 252. The molecule has 0 aliphatic rings. The lowest BCUT2D eigenvalue weighted by atomic mass is 10.2. The molecule has 0 amide bonds. The number of oxime groups is 1. The fraction of sp³-hybridized carbons (Fsp3) is 0.182. The largest absolute Gasteiger partial charge is 0.411 e. The predicted octanol–water partition coefficient (Wildman–Crippen LogP) is 3.19. The average molecular weight is 177 g/mol. The molecule has 0 heterocycles. The Morgan fingerprint density at radius 3 is 2.31 bits per heavy atom. The van der Waals surface area contributed by atoms with E-state index in [9.17, 15) is 0 Å². The minimum atomic E-state index is 1.09. The second-order valence-electron chi connectivity index (χ2n) is 2.03. The van der Waals surface area contributed by atoms with Gasteiger partial charge in [0.15, 0.2) is 0 Å². The van der Waals surface area contributed by atoms with Crippen LogP contribution in [0.5, 0.6) is 0 Å². The lowest BCUT2D eigenvalue weighted by Gasteiger charge is -1.87. The van der Waals surface area contributed by atoms with Gasteiger partial charge in [-0.1, -0.05) is 55.4 Å². The molecule has 1 aromatic carbocycles. The Morgan fingerprint density at radius 2 is 1.77 bits per heavy atom. The molecule has 0 aromatic heterocycles. The number of hydrogen-bond acceptors (Lipinski definition) is 2. The van der Waals surface area contributed by atoms with E-state index in [1.54, 1.807) is 6.08 Å². The number of nitrogens with zero attached hydrogens (tertiary/aromatic N) is 1. The van der Waals surface area contributed by atoms with Gasteiger partial charge in [0, 0.05) is 0 Å².